The molecule has 6 nitrogen and oxygen atoms in total. The fourth-order valence-corrected chi connectivity index (χ4v) is 3.16. The summed E-state index contributed by atoms with van der Waals surface area (Å²) in [5.74, 6) is 0. The van der Waals surface area contributed by atoms with Gasteiger partial charge in [-0.2, -0.15) is 13.2 Å². The molecule has 0 aliphatic heterocycles. The number of rotatable bonds is 7. The molecule has 160 valence electrons. The number of amides is 1. The molecule has 0 radical (unpaired) electrons. The molecule has 0 fully saturated rings. The molecule has 0 unspecified atom stereocenters. The van der Waals surface area contributed by atoms with Crippen LogP contribution in [0.15, 0.2) is 24.4 Å². The number of alkyl carbamates (subject to hydrolysis) is 1. The molecule has 1 aromatic heterocycles. The molecule has 2 aromatic rings. The number of nitrogens with one attached hydrogen (secondary N) is 3. The van der Waals surface area contributed by atoms with Gasteiger partial charge in [-0.25, -0.2) is 9.78 Å². The number of carbonyl (C=O) groups is 1. The Hall–Kier alpha value is -2.20. The molecular formula is C18H22ClF3N4O2S. The third kappa shape index (κ3) is 7.98. The van der Waals surface area contributed by atoms with Crippen molar-refractivity contribution in [3.05, 3.63) is 39.3 Å². The number of hydrogen-bond acceptors (Lipinski definition) is 6. The first kappa shape index (κ1) is 23.1. The van der Waals surface area contributed by atoms with Gasteiger partial charge < -0.3 is 20.7 Å². The molecule has 11 heteroatoms. The zero-order valence-corrected chi connectivity index (χ0v) is 17.7. The van der Waals surface area contributed by atoms with Gasteiger partial charge in [0.1, 0.15) is 5.60 Å². The van der Waals surface area contributed by atoms with E-state index in [0.29, 0.717) is 16.7 Å². The summed E-state index contributed by atoms with van der Waals surface area (Å²) in [6, 6.07) is 3.38. The molecule has 0 bridgehead atoms. The smallest absolute Gasteiger partial charge is 0.416 e. The maximum absolute atomic E-state index is 13.1. The van der Waals surface area contributed by atoms with E-state index < -0.39 is 23.4 Å². The number of hydrogen-bond donors (Lipinski definition) is 3. The number of aromatic nitrogens is 1. The third-order valence-corrected chi connectivity index (χ3v) is 4.55. The number of alkyl halides is 3. The molecule has 0 atom stereocenters. The minimum atomic E-state index is -4.46. The van der Waals surface area contributed by atoms with Gasteiger partial charge in [-0.05, 0) is 39.0 Å². The monoisotopic (exact) mass is 450 g/mol. The molecule has 0 aliphatic rings. The van der Waals surface area contributed by atoms with Crippen molar-refractivity contribution in [2.45, 2.75) is 39.1 Å². The van der Waals surface area contributed by atoms with Crippen LogP contribution in [-0.4, -0.2) is 29.8 Å². The summed E-state index contributed by atoms with van der Waals surface area (Å²) in [7, 11) is 0. The van der Waals surface area contributed by atoms with Gasteiger partial charge in [-0.15, -0.1) is 11.3 Å². The summed E-state index contributed by atoms with van der Waals surface area (Å²) in [5, 5.41) is 8.57. The quantitative estimate of drug-likeness (QED) is 0.495. The van der Waals surface area contributed by atoms with Crippen molar-refractivity contribution in [1.82, 2.24) is 10.3 Å². The van der Waals surface area contributed by atoms with Crippen LogP contribution < -0.4 is 16.0 Å². The van der Waals surface area contributed by atoms with Crippen LogP contribution in [0.3, 0.4) is 0 Å². The van der Waals surface area contributed by atoms with E-state index in [0.717, 1.165) is 17.0 Å². The van der Waals surface area contributed by atoms with E-state index in [-0.39, 0.29) is 18.8 Å². The van der Waals surface area contributed by atoms with Crippen molar-refractivity contribution in [3.8, 4) is 0 Å². The molecule has 0 saturated carbocycles. The van der Waals surface area contributed by atoms with Crippen molar-refractivity contribution in [2.24, 2.45) is 0 Å². The molecule has 1 heterocycles. The van der Waals surface area contributed by atoms with Gasteiger partial charge in [0, 0.05) is 24.2 Å². The first-order chi connectivity index (χ1) is 13.4. The van der Waals surface area contributed by atoms with Crippen molar-refractivity contribution >= 4 is 40.4 Å². The SMILES string of the molecule is CC(C)(C)OC(=O)NCCNc1ccc(C(F)(F)F)cc1NCc1cnc(Cl)s1. The highest BCUT2D eigenvalue weighted by Crippen LogP contribution is 2.34. The Balaban J connectivity index is 2.00. The van der Waals surface area contributed by atoms with Gasteiger partial charge >= 0.3 is 12.3 Å². The second-order valence-electron chi connectivity index (χ2n) is 7.05. The average Bonchev–Trinajstić information content (AvgIpc) is 3.00. The first-order valence-electron chi connectivity index (χ1n) is 8.70. The van der Waals surface area contributed by atoms with Gasteiger partial charge in [-0.3, -0.25) is 0 Å². The predicted octanol–water partition coefficient (Wildman–Crippen LogP) is 5.36. The zero-order valence-electron chi connectivity index (χ0n) is 16.1. The number of anilines is 2. The van der Waals surface area contributed by atoms with E-state index in [1.54, 1.807) is 27.0 Å². The molecule has 2 rings (SSSR count). The second kappa shape index (κ2) is 9.53. The molecule has 3 N–H and O–H groups in total. The molecule has 0 aliphatic carbocycles. The van der Waals surface area contributed by atoms with Gasteiger partial charge in [0.15, 0.2) is 4.47 Å². The standard InChI is InChI=1S/C18H22ClF3N4O2S/c1-17(2,3)28-16(27)24-7-6-23-13-5-4-11(18(20,21)22)8-14(13)25-9-12-10-26-15(19)29-12/h4-5,8,10,23,25H,6-7,9H2,1-3H3,(H,24,27). The lowest BCUT2D eigenvalue weighted by molar-refractivity contribution is -0.137. The summed E-state index contributed by atoms with van der Waals surface area (Å²) in [6.07, 6.45) is -3.46. The summed E-state index contributed by atoms with van der Waals surface area (Å²) in [5.41, 5.74) is -0.623. The van der Waals surface area contributed by atoms with E-state index in [9.17, 15) is 18.0 Å². The minimum Gasteiger partial charge on any atom is -0.444 e. The van der Waals surface area contributed by atoms with E-state index in [2.05, 4.69) is 20.9 Å². The molecule has 29 heavy (non-hydrogen) atoms. The first-order valence-corrected chi connectivity index (χ1v) is 9.89. The Morgan fingerprint density at radius 2 is 1.90 bits per heavy atom. The minimum absolute atomic E-state index is 0.236. The van der Waals surface area contributed by atoms with Crippen LogP contribution in [0.2, 0.25) is 4.47 Å². The van der Waals surface area contributed by atoms with Gasteiger partial charge in [0.05, 0.1) is 23.5 Å². The molecular weight excluding hydrogens is 429 g/mol. The summed E-state index contributed by atoms with van der Waals surface area (Å²) in [4.78, 5) is 16.3. The molecule has 1 amide bonds. The maximum Gasteiger partial charge on any atom is 0.416 e. The number of nitrogens with zero attached hydrogens (tertiary/aromatic N) is 1. The van der Waals surface area contributed by atoms with E-state index in [1.807, 2.05) is 0 Å². The normalized spacial score (nSPS) is 11.8. The predicted molar refractivity (Wildman–Crippen MR) is 109 cm³/mol. The second-order valence-corrected chi connectivity index (χ2v) is 8.74. The van der Waals surface area contributed by atoms with Crippen molar-refractivity contribution in [1.29, 1.82) is 0 Å². The summed E-state index contributed by atoms with van der Waals surface area (Å²) >= 11 is 7.02. The molecule has 0 spiro atoms. The number of benzene rings is 1. The lowest BCUT2D eigenvalue weighted by atomic mass is 10.1. The van der Waals surface area contributed by atoms with Crippen LogP contribution in [-0.2, 0) is 17.5 Å². The van der Waals surface area contributed by atoms with Crippen molar-refractivity contribution < 1.29 is 22.7 Å². The Labute approximate surface area is 175 Å². The van der Waals surface area contributed by atoms with E-state index >= 15 is 0 Å². The zero-order chi connectivity index (χ0) is 21.7. The van der Waals surface area contributed by atoms with Gasteiger partial charge in [-0.1, -0.05) is 11.6 Å². The Morgan fingerprint density at radius 1 is 1.17 bits per heavy atom. The number of carbonyl (C=O) groups excluding carboxylic acids is 1. The van der Waals surface area contributed by atoms with Crippen LogP contribution in [0.5, 0.6) is 0 Å². The average molecular weight is 451 g/mol. The number of thiazole rings is 1. The Kier molecular flexibility index (Phi) is 7.59. The Morgan fingerprint density at radius 3 is 2.48 bits per heavy atom. The highest BCUT2D eigenvalue weighted by Gasteiger charge is 2.31. The van der Waals surface area contributed by atoms with Crippen LogP contribution in [0.4, 0.5) is 29.3 Å². The fourth-order valence-electron chi connectivity index (χ4n) is 2.24. The van der Waals surface area contributed by atoms with Gasteiger partial charge in [0.2, 0.25) is 0 Å². The topological polar surface area (TPSA) is 75.3 Å². The number of halogens is 4. The van der Waals surface area contributed by atoms with Crippen LogP contribution in [0.1, 0.15) is 31.2 Å². The molecule has 1 aromatic carbocycles. The van der Waals surface area contributed by atoms with Crippen LogP contribution >= 0.6 is 22.9 Å². The highest BCUT2D eigenvalue weighted by molar-refractivity contribution is 7.15. The highest BCUT2D eigenvalue weighted by atomic mass is 35.5. The third-order valence-electron chi connectivity index (χ3n) is 3.43. The lowest BCUT2D eigenvalue weighted by Crippen LogP contribution is -2.35. The van der Waals surface area contributed by atoms with E-state index in [1.165, 1.54) is 17.4 Å². The lowest BCUT2D eigenvalue weighted by Gasteiger charge is -2.20. The number of ether oxygens (including phenoxy) is 1. The van der Waals surface area contributed by atoms with Crippen LogP contribution in [0.25, 0.3) is 0 Å². The molecule has 0 saturated heterocycles. The summed E-state index contributed by atoms with van der Waals surface area (Å²) < 4.78 is 44.7. The van der Waals surface area contributed by atoms with Gasteiger partial charge in [0.25, 0.3) is 0 Å². The van der Waals surface area contributed by atoms with E-state index in [4.69, 9.17) is 16.3 Å². The Bertz CT molecular complexity index is 837. The van der Waals surface area contributed by atoms with Crippen molar-refractivity contribution in [2.75, 3.05) is 23.7 Å². The summed E-state index contributed by atoms with van der Waals surface area (Å²) in [6.45, 7) is 6.06. The maximum atomic E-state index is 13.1. The van der Waals surface area contributed by atoms with Crippen LogP contribution in [0, 0.1) is 0 Å². The van der Waals surface area contributed by atoms with Crippen molar-refractivity contribution in [3.63, 3.8) is 0 Å². The fraction of sp³-hybridized carbons (Fsp3) is 0.444. The largest absolute Gasteiger partial charge is 0.444 e.